The highest BCUT2D eigenvalue weighted by atomic mass is 16.5. The summed E-state index contributed by atoms with van der Waals surface area (Å²) >= 11 is 0. The Bertz CT molecular complexity index is 785. The highest BCUT2D eigenvalue weighted by molar-refractivity contribution is 5.94. The zero-order chi connectivity index (χ0) is 21.6. The van der Waals surface area contributed by atoms with E-state index < -0.39 is 5.97 Å². The van der Waals surface area contributed by atoms with Gasteiger partial charge >= 0.3 is 5.97 Å². The van der Waals surface area contributed by atoms with Crippen molar-refractivity contribution in [1.29, 1.82) is 0 Å². The van der Waals surface area contributed by atoms with Crippen LogP contribution in [0, 0.1) is 6.92 Å². The molecule has 0 aliphatic carbocycles. The van der Waals surface area contributed by atoms with E-state index in [-0.39, 0.29) is 18.9 Å². The number of aliphatic carboxylic acids is 1. The van der Waals surface area contributed by atoms with Gasteiger partial charge in [0.25, 0.3) is 5.91 Å². The topological polar surface area (TPSA) is 146 Å². The third kappa shape index (κ3) is 8.99. The Kier molecular flexibility index (Phi) is 10.3. The third-order valence-corrected chi connectivity index (χ3v) is 3.72. The second-order valence-corrected chi connectivity index (χ2v) is 6.08. The summed E-state index contributed by atoms with van der Waals surface area (Å²) in [6.45, 7) is 4.09. The zero-order valence-electron chi connectivity index (χ0n) is 16.7. The van der Waals surface area contributed by atoms with E-state index in [1.807, 2.05) is 0 Å². The van der Waals surface area contributed by atoms with Crippen LogP contribution in [0.5, 0.6) is 0 Å². The lowest BCUT2D eigenvalue weighted by atomic mass is 10.1. The molecule has 11 nitrogen and oxygen atoms in total. The molecule has 0 bridgehead atoms. The maximum absolute atomic E-state index is 12.1. The van der Waals surface area contributed by atoms with E-state index in [1.54, 1.807) is 31.2 Å². The predicted molar refractivity (Wildman–Crippen MR) is 105 cm³/mol. The molecule has 0 fully saturated rings. The minimum atomic E-state index is -0.889. The number of amides is 1. The Morgan fingerprint density at radius 1 is 0.867 bits per heavy atom. The summed E-state index contributed by atoms with van der Waals surface area (Å²) in [6.07, 6.45) is -0.0188. The number of carboxylic acids is 1. The van der Waals surface area contributed by atoms with Gasteiger partial charge in [0.15, 0.2) is 5.82 Å². The number of carbonyl (C=O) groups excluding carboxylic acids is 1. The molecule has 162 valence electrons. The summed E-state index contributed by atoms with van der Waals surface area (Å²) in [6, 6.07) is 6.84. The van der Waals surface area contributed by atoms with Crippen molar-refractivity contribution in [2.45, 2.75) is 13.3 Å². The highest BCUT2D eigenvalue weighted by Gasteiger charge is 2.07. The van der Waals surface area contributed by atoms with Crippen molar-refractivity contribution in [3.05, 3.63) is 35.7 Å². The van der Waals surface area contributed by atoms with Gasteiger partial charge in [-0.25, -0.2) is 0 Å². The molecule has 0 aliphatic rings. The number of hydrogen-bond acceptors (Lipinski definition) is 9. The van der Waals surface area contributed by atoms with Gasteiger partial charge in [-0.3, -0.25) is 9.59 Å². The number of hydrogen-bond donors (Lipinski definition) is 2. The van der Waals surface area contributed by atoms with E-state index in [0.717, 1.165) is 5.56 Å². The van der Waals surface area contributed by atoms with Crippen molar-refractivity contribution in [2.24, 2.45) is 0 Å². The van der Waals surface area contributed by atoms with Crippen LogP contribution in [-0.2, 0) is 19.0 Å². The molecule has 2 aromatic rings. The average molecular weight is 419 g/mol. The van der Waals surface area contributed by atoms with Gasteiger partial charge in [0.1, 0.15) is 0 Å². The van der Waals surface area contributed by atoms with Gasteiger partial charge in [-0.15, -0.1) is 20.4 Å². The lowest BCUT2D eigenvalue weighted by Crippen LogP contribution is -2.27. The molecular formula is C19H25N5O6. The number of aryl methyl sites for hydroxylation is 1. The number of aromatic nitrogens is 4. The number of benzene rings is 1. The quantitative estimate of drug-likeness (QED) is 0.415. The van der Waals surface area contributed by atoms with Crippen LogP contribution in [-0.4, -0.2) is 83.6 Å². The van der Waals surface area contributed by atoms with Crippen molar-refractivity contribution in [2.75, 3.05) is 46.2 Å². The van der Waals surface area contributed by atoms with Gasteiger partial charge in [-0.1, -0.05) is 12.1 Å². The molecule has 11 heteroatoms. The molecule has 0 saturated carbocycles. The normalized spacial score (nSPS) is 10.7. The van der Waals surface area contributed by atoms with Crippen LogP contribution in [0.25, 0.3) is 11.4 Å². The van der Waals surface area contributed by atoms with Gasteiger partial charge in [0, 0.05) is 17.7 Å². The molecular weight excluding hydrogens is 394 g/mol. The van der Waals surface area contributed by atoms with E-state index in [1.165, 1.54) is 0 Å². The lowest BCUT2D eigenvalue weighted by molar-refractivity contribution is -0.138. The van der Waals surface area contributed by atoms with Crippen molar-refractivity contribution < 1.29 is 28.9 Å². The number of nitrogens with zero attached hydrogens (tertiary/aromatic N) is 4. The molecule has 2 N–H and O–H groups in total. The smallest absolute Gasteiger partial charge is 0.305 e. The first kappa shape index (κ1) is 23.3. The maximum Gasteiger partial charge on any atom is 0.305 e. The van der Waals surface area contributed by atoms with Crippen LogP contribution < -0.4 is 5.32 Å². The SMILES string of the molecule is Cc1nnc(-c2ccc(C(=O)NCCOCCOCCOCCC(=O)O)cc2)nn1. The molecule has 1 aromatic carbocycles. The molecule has 2 rings (SSSR count). The summed E-state index contributed by atoms with van der Waals surface area (Å²) in [5.74, 6) is -0.207. The second-order valence-electron chi connectivity index (χ2n) is 6.08. The van der Waals surface area contributed by atoms with Crippen LogP contribution in [0.15, 0.2) is 24.3 Å². The van der Waals surface area contributed by atoms with E-state index >= 15 is 0 Å². The van der Waals surface area contributed by atoms with Crippen molar-refractivity contribution in [1.82, 2.24) is 25.7 Å². The van der Waals surface area contributed by atoms with E-state index in [4.69, 9.17) is 19.3 Å². The van der Waals surface area contributed by atoms with Crippen molar-refractivity contribution in [3.8, 4) is 11.4 Å². The standard InChI is InChI=1S/C19H25N5O6/c1-14-21-23-18(24-22-14)15-2-4-16(5-3-15)19(27)20-7-9-29-11-13-30-12-10-28-8-6-17(25)26/h2-5H,6-13H2,1H3,(H,20,27)(H,25,26). The molecule has 0 saturated heterocycles. The number of carboxylic acid groups (broad SMARTS) is 1. The summed E-state index contributed by atoms with van der Waals surface area (Å²) in [5.41, 5.74) is 1.24. The summed E-state index contributed by atoms with van der Waals surface area (Å²) in [5, 5.41) is 26.9. The van der Waals surface area contributed by atoms with Crippen LogP contribution in [0.1, 0.15) is 22.6 Å². The first-order valence-corrected chi connectivity index (χ1v) is 9.44. The second kappa shape index (κ2) is 13.2. The first-order valence-electron chi connectivity index (χ1n) is 9.44. The maximum atomic E-state index is 12.1. The molecule has 1 amide bonds. The van der Waals surface area contributed by atoms with Crippen LogP contribution in [0.3, 0.4) is 0 Å². The monoisotopic (exact) mass is 419 g/mol. The Labute approximate surface area is 173 Å². The largest absolute Gasteiger partial charge is 0.481 e. The fraction of sp³-hybridized carbons (Fsp3) is 0.474. The van der Waals surface area contributed by atoms with Crippen LogP contribution in [0.2, 0.25) is 0 Å². The Morgan fingerprint density at radius 2 is 1.43 bits per heavy atom. The first-order chi connectivity index (χ1) is 14.6. The van der Waals surface area contributed by atoms with E-state index in [0.29, 0.717) is 56.8 Å². The molecule has 1 aromatic heterocycles. The molecule has 0 aliphatic heterocycles. The summed E-state index contributed by atoms with van der Waals surface area (Å²) < 4.78 is 15.8. The van der Waals surface area contributed by atoms with Gasteiger partial charge in [-0.05, 0) is 19.1 Å². The Hall–Kier alpha value is -3.02. The molecule has 0 radical (unpaired) electrons. The van der Waals surface area contributed by atoms with Gasteiger partial charge in [0.2, 0.25) is 5.82 Å². The van der Waals surface area contributed by atoms with Crippen molar-refractivity contribution >= 4 is 11.9 Å². The van der Waals surface area contributed by atoms with Crippen LogP contribution >= 0.6 is 0 Å². The minimum Gasteiger partial charge on any atom is -0.481 e. The predicted octanol–water partition coefficient (Wildman–Crippen LogP) is 0.496. The minimum absolute atomic E-state index is 0.0188. The van der Waals surface area contributed by atoms with E-state index in [2.05, 4.69) is 25.7 Å². The number of carbonyl (C=O) groups is 2. The highest BCUT2D eigenvalue weighted by Crippen LogP contribution is 2.13. The Morgan fingerprint density at radius 3 is 2.03 bits per heavy atom. The lowest BCUT2D eigenvalue weighted by Gasteiger charge is -2.08. The van der Waals surface area contributed by atoms with Crippen molar-refractivity contribution in [3.63, 3.8) is 0 Å². The summed E-state index contributed by atoms with van der Waals surface area (Å²) in [4.78, 5) is 22.4. The average Bonchev–Trinajstić information content (AvgIpc) is 2.75. The zero-order valence-corrected chi connectivity index (χ0v) is 16.7. The van der Waals surface area contributed by atoms with Gasteiger partial charge < -0.3 is 24.6 Å². The molecule has 0 spiro atoms. The third-order valence-electron chi connectivity index (χ3n) is 3.72. The number of rotatable bonds is 14. The molecule has 0 atom stereocenters. The number of nitrogens with one attached hydrogen (secondary N) is 1. The van der Waals surface area contributed by atoms with Crippen LogP contribution in [0.4, 0.5) is 0 Å². The fourth-order valence-corrected chi connectivity index (χ4v) is 2.21. The fourth-order valence-electron chi connectivity index (χ4n) is 2.21. The van der Waals surface area contributed by atoms with E-state index in [9.17, 15) is 9.59 Å². The molecule has 30 heavy (non-hydrogen) atoms. The van der Waals surface area contributed by atoms with Gasteiger partial charge in [-0.2, -0.15) is 0 Å². The Balaban J connectivity index is 1.53. The van der Waals surface area contributed by atoms with Gasteiger partial charge in [0.05, 0.1) is 46.1 Å². The molecule has 1 heterocycles. The number of ether oxygens (including phenoxy) is 3. The summed E-state index contributed by atoms with van der Waals surface area (Å²) in [7, 11) is 0. The molecule has 0 unspecified atom stereocenters.